The molecular formula is C12H25NO2S. The van der Waals surface area contributed by atoms with Gasteiger partial charge in [-0.1, -0.05) is 45.4 Å². The van der Waals surface area contributed by atoms with E-state index < -0.39 is 0 Å². The number of carbonyl (C=O) groups excluding carboxylic acids is 1. The van der Waals surface area contributed by atoms with Gasteiger partial charge in [-0.15, -0.1) is 0 Å². The summed E-state index contributed by atoms with van der Waals surface area (Å²) in [6.07, 6.45) is 9.25. The van der Waals surface area contributed by atoms with Crippen molar-refractivity contribution in [2.75, 3.05) is 12.4 Å². The Bertz CT molecular complexity index is 165. The van der Waals surface area contributed by atoms with E-state index >= 15 is 0 Å². The summed E-state index contributed by atoms with van der Waals surface area (Å²) in [5.41, 5.74) is 0. The summed E-state index contributed by atoms with van der Waals surface area (Å²) in [6, 6.07) is 0. The molecule has 0 unspecified atom stereocenters. The summed E-state index contributed by atoms with van der Waals surface area (Å²) in [5, 5.41) is 8.52. The lowest BCUT2D eigenvalue weighted by Gasteiger charge is -2.03. The molecule has 0 rings (SSSR count). The first-order valence-electron chi connectivity index (χ1n) is 6.32. The van der Waals surface area contributed by atoms with E-state index in [9.17, 15) is 4.79 Å². The first kappa shape index (κ1) is 15.8. The van der Waals surface area contributed by atoms with E-state index in [1.54, 1.807) is 0 Å². The van der Waals surface area contributed by atoms with Crippen LogP contribution in [-0.2, 0) is 4.79 Å². The van der Waals surface area contributed by atoms with Gasteiger partial charge >= 0.3 is 0 Å². The van der Waals surface area contributed by atoms with Gasteiger partial charge in [0, 0.05) is 12.2 Å². The smallest absolute Gasteiger partial charge is 0.229 e. The molecule has 0 spiro atoms. The number of unbranched alkanes of at least 4 members (excludes halogenated alkanes) is 6. The molecule has 0 saturated carbocycles. The van der Waals surface area contributed by atoms with E-state index in [2.05, 4.69) is 11.6 Å². The number of hydrogen-bond donors (Lipinski definition) is 2. The summed E-state index contributed by atoms with van der Waals surface area (Å²) in [7, 11) is 0. The third-order valence-electron chi connectivity index (χ3n) is 2.39. The van der Waals surface area contributed by atoms with Crippen LogP contribution >= 0.6 is 11.9 Å². The van der Waals surface area contributed by atoms with Gasteiger partial charge in [0.2, 0.25) is 5.91 Å². The third-order valence-corrected chi connectivity index (χ3v) is 3.15. The minimum Gasteiger partial charge on any atom is -0.395 e. The van der Waals surface area contributed by atoms with Crippen LogP contribution in [0.5, 0.6) is 0 Å². The van der Waals surface area contributed by atoms with Crippen LogP contribution in [0.25, 0.3) is 0 Å². The maximum Gasteiger partial charge on any atom is 0.229 e. The lowest BCUT2D eigenvalue weighted by molar-refractivity contribution is -0.119. The summed E-state index contributed by atoms with van der Waals surface area (Å²) in [6.45, 7) is 2.33. The van der Waals surface area contributed by atoms with Gasteiger partial charge in [0.1, 0.15) is 0 Å². The first-order chi connectivity index (χ1) is 7.81. The van der Waals surface area contributed by atoms with E-state index in [1.807, 2.05) is 0 Å². The fourth-order valence-electron chi connectivity index (χ4n) is 1.47. The van der Waals surface area contributed by atoms with Crippen molar-refractivity contribution in [3.8, 4) is 0 Å². The minimum atomic E-state index is 0.0898. The second-order valence-electron chi connectivity index (χ2n) is 3.97. The Hall–Kier alpha value is -0.220. The van der Waals surface area contributed by atoms with Gasteiger partial charge in [0.15, 0.2) is 0 Å². The number of aliphatic hydroxyl groups is 1. The zero-order chi connectivity index (χ0) is 12.1. The van der Waals surface area contributed by atoms with Crippen molar-refractivity contribution in [2.45, 2.75) is 58.3 Å². The van der Waals surface area contributed by atoms with E-state index in [1.165, 1.54) is 44.1 Å². The Labute approximate surface area is 104 Å². The van der Waals surface area contributed by atoms with Crippen LogP contribution in [-0.4, -0.2) is 23.4 Å². The minimum absolute atomic E-state index is 0.0898. The molecule has 0 atom stereocenters. The molecule has 0 radical (unpaired) electrons. The van der Waals surface area contributed by atoms with Crippen molar-refractivity contribution < 1.29 is 9.90 Å². The second-order valence-corrected chi connectivity index (χ2v) is 4.87. The number of amides is 1. The maximum absolute atomic E-state index is 11.2. The lowest BCUT2D eigenvalue weighted by Crippen LogP contribution is -2.16. The number of nitrogens with one attached hydrogen (secondary N) is 1. The summed E-state index contributed by atoms with van der Waals surface area (Å²) in [5.74, 6) is 0.662. The fraction of sp³-hybridized carbons (Fsp3) is 0.917. The summed E-state index contributed by atoms with van der Waals surface area (Å²) < 4.78 is 2.71. The van der Waals surface area contributed by atoms with E-state index in [-0.39, 0.29) is 12.5 Å². The zero-order valence-corrected chi connectivity index (χ0v) is 11.2. The van der Waals surface area contributed by atoms with Crippen LogP contribution in [0, 0.1) is 0 Å². The largest absolute Gasteiger partial charge is 0.395 e. The zero-order valence-electron chi connectivity index (χ0n) is 10.3. The molecule has 4 heteroatoms. The third kappa shape index (κ3) is 11.9. The molecule has 0 fully saturated rings. The predicted octanol–water partition coefficient (Wildman–Crippen LogP) is 2.88. The first-order valence-corrected chi connectivity index (χ1v) is 7.31. The van der Waals surface area contributed by atoms with Crippen molar-refractivity contribution in [3.05, 3.63) is 0 Å². The molecule has 0 heterocycles. The molecule has 0 aromatic carbocycles. The summed E-state index contributed by atoms with van der Waals surface area (Å²) >= 11 is 1.29. The number of rotatable bonds is 11. The van der Waals surface area contributed by atoms with Gasteiger partial charge in [-0.25, -0.2) is 0 Å². The molecule has 96 valence electrons. The molecule has 0 aromatic heterocycles. The van der Waals surface area contributed by atoms with Crippen molar-refractivity contribution >= 4 is 17.9 Å². The standard InChI is InChI=1S/C12H25NO2S/c1-2-3-4-5-6-7-8-9-12(15)13-16-11-10-14/h14H,2-11H2,1H3,(H,13,15). The quantitative estimate of drug-likeness (QED) is 0.436. The van der Waals surface area contributed by atoms with Gasteiger partial charge in [-0.3, -0.25) is 4.79 Å². The monoisotopic (exact) mass is 247 g/mol. The average molecular weight is 247 g/mol. The Morgan fingerprint density at radius 1 is 1.12 bits per heavy atom. The van der Waals surface area contributed by atoms with Crippen LogP contribution in [0.4, 0.5) is 0 Å². The molecule has 0 aliphatic heterocycles. The lowest BCUT2D eigenvalue weighted by atomic mass is 10.1. The molecule has 16 heavy (non-hydrogen) atoms. The van der Waals surface area contributed by atoms with Gasteiger partial charge in [-0.2, -0.15) is 0 Å². The Kier molecular flexibility index (Phi) is 12.7. The molecule has 0 aliphatic rings. The summed E-state index contributed by atoms with van der Waals surface area (Å²) in [4.78, 5) is 11.2. The number of hydrogen-bond acceptors (Lipinski definition) is 3. The highest BCUT2D eigenvalue weighted by Crippen LogP contribution is 2.08. The van der Waals surface area contributed by atoms with Crippen LogP contribution in [0.1, 0.15) is 58.3 Å². The molecule has 1 amide bonds. The van der Waals surface area contributed by atoms with Gasteiger partial charge < -0.3 is 9.83 Å². The van der Waals surface area contributed by atoms with Crippen molar-refractivity contribution in [1.82, 2.24) is 4.72 Å². The average Bonchev–Trinajstić information content (AvgIpc) is 2.28. The Balaban J connectivity index is 3.09. The Morgan fingerprint density at radius 2 is 1.75 bits per heavy atom. The molecule has 0 bridgehead atoms. The molecule has 0 aliphatic carbocycles. The van der Waals surface area contributed by atoms with E-state index in [0.29, 0.717) is 12.2 Å². The molecule has 3 nitrogen and oxygen atoms in total. The van der Waals surface area contributed by atoms with Gasteiger partial charge in [-0.05, 0) is 18.4 Å². The molecule has 0 aromatic rings. The van der Waals surface area contributed by atoms with Crippen LogP contribution in [0.3, 0.4) is 0 Å². The SMILES string of the molecule is CCCCCCCCCC(=O)NSCCO. The Morgan fingerprint density at radius 3 is 2.38 bits per heavy atom. The number of carbonyl (C=O) groups is 1. The molecular weight excluding hydrogens is 222 g/mol. The highest BCUT2D eigenvalue weighted by Gasteiger charge is 2.00. The maximum atomic E-state index is 11.2. The normalized spacial score (nSPS) is 10.4. The van der Waals surface area contributed by atoms with Crippen molar-refractivity contribution in [3.63, 3.8) is 0 Å². The second kappa shape index (κ2) is 12.8. The molecule has 2 N–H and O–H groups in total. The van der Waals surface area contributed by atoms with Crippen LogP contribution < -0.4 is 4.72 Å². The van der Waals surface area contributed by atoms with Gasteiger partial charge in [0.25, 0.3) is 0 Å². The highest BCUT2D eigenvalue weighted by molar-refractivity contribution is 7.97. The van der Waals surface area contributed by atoms with E-state index in [0.717, 1.165) is 12.8 Å². The predicted molar refractivity (Wildman–Crippen MR) is 70.3 cm³/mol. The van der Waals surface area contributed by atoms with Crippen molar-refractivity contribution in [1.29, 1.82) is 0 Å². The fourth-order valence-corrected chi connectivity index (χ4v) is 1.93. The van der Waals surface area contributed by atoms with Gasteiger partial charge in [0.05, 0.1) is 6.61 Å². The van der Waals surface area contributed by atoms with E-state index in [4.69, 9.17) is 5.11 Å². The topological polar surface area (TPSA) is 49.3 Å². The van der Waals surface area contributed by atoms with Crippen LogP contribution in [0.2, 0.25) is 0 Å². The highest BCUT2D eigenvalue weighted by atomic mass is 32.2. The van der Waals surface area contributed by atoms with Crippen LogP contribution in [0.15, 0.2) is 0 Å². The van der Waals surface area contributed by atoms with Crippen molar-refractivity contribution in [2.24, 2.45) is 0 Å². The molecule has 0 saturated heterocycles. The number of aliphatic hydroxyl groups excluding tert-OH is 1.